The van der Waals surface area contributed by atoms with E-state index in [2.05, 4.69) is 155 Å². The molecule has 0 unspecified atom stereocenters. The van der Waals surface area contributed by atoms with E-state index in [1.165, 1.54) is 0 Å². The molecule has 0 atom stereocenters. The number of nitriles is 1. The van der Waals surface area contributed by atoms with Crippen molar-refractivity contribution in [2.75, 3.05) is 0 Å². The molecule has 0 amide bonds. The van der Waals surface area contributed by atoms with Gasteiger partial charge < -0.3 is 18.9 Å². The van der Waals surface area contributed by atoms with Crippen LogP contribution in [0.5, 0.6) is 0 Å². The van der Waals surface area contributed by atoms with Gasteiger partial charge in [0.1, 0.15) is 0 Å². The Morgan fingerprint density at radius 1 is 0.619 bits per heavy atom. The summed E-state index contributed by atoms with van der Waals surface area (Å²) in [6, 6.07) is 19.2. The number of para-hydroxylation sites is 4. The van der Waals surface area contributed by atoms with Crippen LogP contribution in [0.15, 0.2) is 139 Å². The second kappa shape index (κ2) is 8.79. The number of allylic oxidation sites excluding steroid dienone is 8. The zero-order chi connectivity index (χ0) is 27.8. The van der Waals surface area contributed by atoms with Gasteiger partial charge in [-0.25, -0.2) is 4.98 Å². The lowest BCUT2D eigenvalue weighted by Gasteiger charge is -2.53. The van der Waals surface area contributed by atoms with Gasteiger partial charge in [-0.15, -0.1) is 0 Å². The second-order valence-electron chi connectivity index (χ2n) is 10.9. The molecule has 2 aromatic heterocycles. The molecule has 0 radical (unpaired) electrons. The quantitative estimate of drug-likeness (QED) is 0.338. The van der Waals surface area contributed by atoms with Gasteiger partial charge in [0.25, 0.3) is 0 Å². The Kier molecular flexibility index (Phi) is 4.88. The molecule has 2 aromatic carbocycles. The minimum atomic E-state index is -0.121. The van der Waals surface area contributed by atoms with Crippen LogP contribution in [0.2, 0.25) is 0 Å². The maximum absolute atomic E-state index is 9.73. The van der Waals surface area contributed by atoms with Gasteiger partial charge in [0, 0.05) is 11.3 Å². The van der Waals surface area contributed by atoms with Crippen LogP contribution in [-0.2, 0) is 0 Å². The number of rotatable bonds is 1. The third-order valence-electron chi connectivity index (χ3n) is 8.73. The molecule has 8 nitrogen and oxygen atoms in total. The van der Waals surface area contributed by atoms with Crippen molar-refractivity contribution < 1.29 is 0 Å². The van der Waals surface area contributed by atoms with Gasteiger partial charge in [0.15, 0.2) is 0 Å². The molecule has 7 heterocycles. The molecule has 12 heteroatoms. The maximum atomic E-state index is 9.73. The van der Waals surface area contributed by atoms with Crippen LogP contribution in [0.25, 0.3) is 33.5 Å². The molecular formula is C30H22B4N8. The predicted molar refractivity (Wildman–Crippen MR) is 171 cm³/mol. The Balaban J connectivity index is 1.24. The van der Waals surface area contributed by atoms with Gasteiger partial charge in [-0.2, -0.15) is 5.26 Å². The molecule has 194 valence electrons. The number of imidazole rings is 2. The van der Waals surface area contributed by atoms with Gasteiger partial charge in [-0.3, -0.25) is 8.97 Å². The fourth-order valence-corrected chi connectivity index (χ4v) is 6.90. The van der Waals surface area contributed by atoms with E-state index in [0.717, 1.165) is 33.5 Å². The van der Waals surface area contributed by atoms with E-state index in [9.17, 15) is 5.26 Å². The fourth-order valence-electron chi connectivity index (χ4n) is 6.90. The van der Waals surface area contributed by atoms with Crippen molar-refractivity contribution in [1.82, 2.24) is 32.8 Å². The smallest absolute Gasteiger partial charge is 0.382 e. The number of nitrogens with zero attached hydrogens (tertiary/aromatic N) is 8. The molecule has 0 saturated carbocycles. The van der Waals surface area contributed by atoms with E-state index in [4.69, 9.17) is 4.98 Å². The molecule has 0 aliphatic carbocycles. The Morgan fingerprint density at radius 2 is 1.24 bits per heavy atom. The minimum absolute atomic E-state index is 0.0556. The molecule has 5 aliphatic rings. The number of benzene rings is 2. The summed E-state index contributed by atoms with van der Waals surface area (Å²) in [4.78, 5) is 5.10. The van der Waals surface area contributed by atoms with Crippen molar-refractivity contribution in [3.05, 3.63) is 139 Å². The average Bonchev–Trinajstić information content (AvgIpc) is 3.58. The van der Waals surface area contributed by atoms with Crippen LogP contribution in [0.3, 0.4) is 0 Å². The number of fused-ring (bicyclic) bond motifs is 13. The van der Waals surface area contributed by atoms with Crippen molar-refractivity contribution in [1.29, 1.82) is 5.26 Å². The van der Waals surface area contributed by atoms with Crippen LogP contribution in [0.4, 0.5) is 0 Å². The van der Waals surface area contributed by atoms with E-state index >= 15 is 0 Å². The summed E-state index contributed by atoms with van der Waals surface area (Å²) in [5.41, 5.74) is 6.06. The second-order valence-corrected chi connectivity index (χ2v) is 10.9. The van der Waals surface area contributed by atoms with E-state index in [1.54, 1.807) is 0 Å². The van der Waals surface area contributed by atoms with Gasteiger partial charge >= 0.3 is 27.9 Å². The molecule has 9 rings (SSSR count). The average molecular weight is 538 g/mol. The largest absolute Gasteiger partial charge is 0.423 e. The molecule has 0 spiro atoms. The van der Waals surface area contributed by atoms with Crippen molar-refractivity contribution in [2.45, 2.75) is 0 Å². The molecule has 4 aromatic rings. The summed E-state index contributed by atoms with van der Waals surface area (Å²) in [6.07, 6.45) is 21.1. The van der Waals surface area contributed by atoms with Crippen molar-refractivity contribution in [3.8, 4) is 6.07 Å². The summed E-state index contributed by atoms with van der Waals surface area (Å²) in [5, 5.41) is 9.73. The summed E-state index contributed by atoms with van der Waals surface area (Å²) in [6.45, 7) is -0.328. The summed E-state index contributed by atoms with van der Waals surface area (Å²) >= 11 is 0. The predicted octanol–water partition coefficient (Wildman–Crippen LogP) is 4.29. The van der Waals surface area contributed by atoms with Crippen LogP contribution in [0, 0.1) is 11.3 Å². The van der Waals surface area contributed by atoms with Gasteiger partial charge in [0.05, 0.1) is 28.1 Å². The number of aromatic nitrogens is 3. The van der Waals surface area contributed by atoms with Crippen molar-refractivity contribution in [2.24, 2.45) is 0 Å². The number of hydrogen-bond donors (Lipinski definition) is 0. The molecule has 0 bridgehead atoms. The Hall–Kier alpha value is -5.42. The SMILES string of the molecule is N#CC1=CB2N(C=C1)B1C=CC=CN1B1C=C(n3c4ccccc4n4c5ccccc5nc34)C=CN1B1C=CC=CN12. The first kappa shape index (κ1) is 23.3. The highest BCUT2D eigenvalue weighted by Gasteiger charge is 2.50. The first-order chi connectivity index (χ1) is 20.8. The normalized spacial score (nSPS) is 18.7. The van der Waals surface area contributed by atoms with Crippen LogP contribution < -0.4 is 0 Å². The first-order valence-electron chi connectivity index (χ1n) is 14.2. The van der Waals surface area contributed by atoms with E-state index in [1.807, 2.05) is 12.1 Å². The lowest BCUT2D eigenvalue weighted by molar-refractivity contribution is 0.621. The molecule has 1 fully saturated rings. The third kappa shape index (κ3) is 3.19. The number of hydrogen-bond acceptors (Lipinski definition) is 6. The zero-order valence-electron chi connectivity index (χ0n) is 22.6. The zero-order valence-corrected chi connectivity index (χ0v) is 22.6. The third-order valence-corrected chi connectivity index (χ3v) is 8.73. The maximum Gasteiger partial charge on any atom is 0.382 e. The highest BCUT2D eigenvalue weighted by molar-refractivity contribution is 6.92. The monoisotopic (exact) mass is 538 g/mol. The van der Waals surface area contributed by atoms with Gasteiger partial charge in [0.2, 0.25) is 5.78 Å². The highest BCUT2D eigenvalue weighted by atomic mass is 15.3. The Labute approximate surface area is 244 Å². The summed E-state index contributed by atoms with van der Waals surface area (Å²) in [7, 11) is 0. The molecule has 42 heavy (non-hydrogen) atoms. The molecule has 0 N–H and O–H groups in total. The van der Waals surface area contributed by atoms with Crippen LogP contribution >= 0.6 is 0 Å². The standard InChI is InChI=1S/C30H22B4N8/c35-23-24-13-19-39-32-16-6-8-18-38(32)34-22-25(14-20-40(34)31-15-5-7-17-37(31)33(39)21-24)41-28-11-3-4-12-29(28)42-27-10-2-1-9-26(27)36-30(41)42/h1-22H. The van der Waals surface area contributed by atoms with E-state index < -0.39 is 0 Å². The fraction of sp³-hybridized carbons (Fsp3) is 0. The van der Waals surface area contributed by atoms with E-state index in [0.29, 0.717) is 5.57 Å². The van der Waals surface area contributed by atoms with Crippen molar-refractivity contribution in [3.63, 3.8) is 0 Å². The van der Waals surface area contributed by atoms with Gasteiger partial charge in [-0.05, 0) is 79.3 Å². The summed E-state index contributed by atoms with van der Waals surface area (Å²) < 4.78 is 14.0. The molecular weight excluding hydrogens is 516 g/mol. The minimum Gasteiger partial charge on any atom is -0.423 e. The lowest BCUT2D eigenvalue weighted by Crippen LogP contribution is -2.73. The van der Waals surface area contributed by atoms with Crippen molar-refractivity contribution >= 4 is 61.5 Å². The summed E-state index contributed by atoms with van der Waals surface area (Å²) in [5.74, 6) is 9.74. The van der Waals surface area contributed by atoms with Crippen LogP contribution in [-0.4, -0.2) is 60.8 Å². The Bertz CT molecular complexity index is 2070. The molecule has 1 saturated heterocycles. The lowest BCUT2D eigenvalue weighted by atomic mass is 9.41. The highest BCUT2D eigenvalue weighted by Crippen LogP contribution is 2.34. The Morgan fingerprint density at radius 3 is 1.98 bits per heavy atom. The first-order valence-corrected chi connectivity index (χ1v) is 14.2. The topological polar surface area (TPSA) is 59.0 Å². The molecule has 5 aliphatic heterocycles. The van der Waals surface area contributed by atoms with Gasteiger partial charge in [-0.1, -0.05) is 54.3 Å². The van der Waals surface area contributed by atoms with E-state index in [-0.39, 0.29) is 27.9 Å². The van der Waals surface area contributed by atoms with Crippen LogP contribution in [0.1, 0.15) is 0 Å².